The minimum atomic E-state index is 0.598. The Morgan fingerprint density at radius 1 is 0.655 bits per heavy atom. The van der Waals surface area contributed by atoms with Gasteiger partial charge >= 0.3 is 0 Å². The summed E-state index contributed by atoms with van der Waals surface area (Å²) >= 11 is 3.47. The molecule has 0 radical (unpaired) electrons. The molecule has 0 aliphatic carbocycles. The van der Waals surface area contributed by atoms with Crippen molar-refractivity contribution in [1.29, 1.82) is 0 Å². The molecule has 2 rings (SSSR count). The van der Waals surface area contributed by atoms with Gasteiger partial charge in [-0.1, -0.05) is 0 Å². The standard InChI is InChI=1S/C9H14O3S.C6H14O3.C6H8S/c1-10-3-4-11-5-6-12-9-2-7-13-8-9;1-7-3-5-9-6-4-8-2;1-5-3-4-6(2)7-5/h2,7-8H,3-6H2,1H3;3-6H2,1-2H3;3-4H,1-2H3. The number of aryl methyl sites for hydroxylation is 2. The Hall–Kier alpha value is -1.00. The number of thiophene rings is 2. The summed E-state index contributed by atoms with van der Waals surface area (Å²) in [4.78, 5) is 2.80. The third-order valence-corrected chi connectivity index (χ3v) is 4.74. The first kappa shape index (κ1) is 28.0. The molecule has 0 aliphatic rings. The lowest BCUT2D eigenvalue weighted by Gasteiger charge is -2.04. The van der Waals surface area contributed by atoms with Crippen molar-refractivity contribution < 1.29 is 28.4 Å². The molecule has 0 aromatic carbocycles. The van der Waals surface area contributed by atoms with Gasteiger partial charge in [-0.15, -0.1) is 22.7 Å². The van der Waals surface area contributed by atoms with Crippen molar-refractivity contribution in [3.63, 3.8) is 0 Å². The van der Waals surface area contributed by atoms with E-state index in [0.717, 1.165) is 5.75 Å². The molecule has 0 saturated heterocycles. The Morgan fingerprint density at radius 3 is 1.48 bits per heavy atom. The van der Waals surface area contributed by atoms with Gasteiger partial charge in [0.1, 0.15) is 12.4 Å². The quantitative estimate of drug-likeness (QED) is 0.422. The molecule has 168 valence electrons. The number of hydrogen-bond donors (Lipinski definition) is 0. The first-order valence-electron chi connectivity index (χ1n) is 9.44. The molecule has 2 aromatic rings. The van der Waals surface area contributed by atoms with E-state index in [1.54, 1.807) is 32.7 Å². The minimum absolute atomic E-state index is 0.598. The Balaban J connectivity index is 0.000000429. The van der Waals surface area contributed by atoms with E-state index in [9.17, 15) is 0 Å². The normalized spacial score (nSPS) is 9.97. The summed E-state index contributed by atoms with van der Waals surface area (Å²) in [5, 5.41) is 3.95. The summed E-state index contributed by atoms with van der Waals surface area (Å²) < 4.78 is 30.0. The summed E-state index contributed by atoms with van der Waals surface area (Å²) in [5.74, 6) is 0.917. The van der Waals surface area contributed by atoms with Crippen molar-refractivity contribution in [3.8, 4) is 5.75 Å². The topological polar surface area (TPSA) is 55.4 Å². The second kappa shape index (κ2) is 21.7. The lowest BCUT2D eigenvalue weighted by Crippen LogP contribution is -2.09. The first-order valence-corrected chi connectivity index (χ1v) is 11.2. The highest BCUT2D eigenvalue weighted by atomic mass is 32.1. The van der Waals surface area contributed by atoms with E-state index in [1.807, 2.05) is 28.2 Å². The summed E-state index contributed by atoms with van der Waals surface area (Å²) in [5.41, 5.74) is 0. The second-order valence-corrected chi connectivity index (χ2v) is 7.94. The van der Waals surface area contributed by atoms with Crippen molar-refractivity contribution >= 4 is 22.7 Å². The van der Waals surface area contributed by atoms with Crippen LogP contribution in [0, 0.1) is 13.8 Å². The molecule has 8 heteroatoms. The summed E-state index contributed by atoms with van der Waals surface area (Å²) in [7, 11) is 4.96. The fourth-order valence-electron chi connectivity index (χ4n) is 1.74. The van der Waals surface area contributed by atoms with Gasteiger partial charge < -0.3 is 28.4 Å². The average molecular weight is 449 g/mol. The highest BCUT2D eigenvalue weighted by molar-refractivity contribution is 7.11. The molecule has 0 unspecified atom stereocenters. The molecule has 2 aromatic heterocycles. The molecular formula is C21H36O6S2. The Kier molecular flexibility index (Phi) is 21.0. The molecule has 0 saturated carbocycles. The van der Waals surface area contributed by atoms with Crippen LogP contribution in [-0.2, 0) is 23.7 Å². The van der Waals surface area contributed by atoms with E-state index in [0.29, 0.717) is 52.9 Å². The monoisotopic (exact) mass is 448 g/mol. The van der Waals surface area contributed by atoms with Crippen LogP contribution in [0.25, 0.3) is 0 Å². The van der Waals surface area contributed by atoms with Gasteiger partial charge in [0.15, 0.2) is 0 Å². The molecule has 2 heterocycles. The predicted molar refractivity (Wildman–Crippen MR) is 121 cm³/mol. The molecule has 0 bridgehead atoms. The van der Waals surface area contributed by atoms with Crippen molar-refractivity contribution in [1.82, 2.24) is 0 Å². The van der Waals surface area contributed by atoms with Crippen LogP contribution in [-0.4, -0.2) is 74.2 Å². The smallest absolute Gasteiger partial charge is 0.130 e. The molecule has 0 spiro atoms. The highest BCUT2D eigenvalue weighted by Gasteiger charge is 1.92. The Bertz CT molecular complexity index is 523. The molecule has 0 amide bonds. The molecular weight excluding hydrogens is 412 g/mol. The molecule has 0 aliphatic heterocycles. The number of rotatable bonds is 13. The zero-order valence-electron chi connectivity index (χ0n) is 18.3. The predicted octanol–water partition coefficient (Wildman–Crippen LogP) is 4.45. The maximum atomic E-state index is 5.37. The van der Waals surface area contributed by atoms with Gasteiger partial charge in [0.05, 0.1) is 46.2 Å². The van der Waals surface area contributed by atoms with Crippen LogP contribution in [0.3, 0.4) is 0 Å². The van der Waals surface area contributed by atoms with E-state index in [2.05, 4.69) is 26.0 Å². The lowest BCUT2D eigenvalue weighted by atomic mass is 10.5. The largest absolute Gasteiger partial charge is 0.490 e. The van der Waals surface area contributed by atoms with Gasteiger partial charge in [-0.25, -0.2) is 0 Å². The van der Waals surface area contributed by atoms with E-state index in [1.165, 1.54) is 9.75 Å². The van der Waals surface area contributed by atoms with Gasteiger partial charge in [0.25, 0.3) is 0 Å². The number of methoxy groups -OCH3 is 3. The van der Waals surface area contributed by atoms with Gasteiger partial charge in [-0.3, -0.25) is 0 Å². The third-order valence-electron chi connectivity index (χ3n) is 3.16. The van der Waals surface area contributed by atoms with Crippen LogP contribution in [0.5, 0.6) is 5.75 Å². The summed E-state index contributed by atoms with van der Waals surface area (Å²) in [6.07, 6.45) is 0. The van der Waals surface area contributed by atoms with Crippen LogP contribution in [0.15, 0.2) is 29.0 Å². The average Bonchev–Trinajstić information content (AvgIpc) is 3.37. The maximum absolute atomic E-state index is 5.37. The van der Waals surface area contributed by atoms with Gasteiger partial charge in [-0.2, -0.15) is 0 Å². The number of hydrogen-bond acceptors (Lipinski definition) is 8. The van der Waals surface area contributed by atoms with Crippen LogP contribution < -0.4 is 4.74 Å². The van der Waals surface area contributed by atoms with E-state index in [-0.39, 0.29) is 0 Å². The molecule has 0 N–H and O–H groups in total. The van der Waals surface area contributed by atoms with Crippen molar-refractivity contribution in [2.24, 2.45) is 0 Å². The summed E-state index contributed by atoms with van der Waals surface area (Å²) in [6.45, 7) is 9.34. The first-order chi connectivity index (χ1) is 14.1. The zero-order chi connectivity index (χ0) is 21.6. The Morgan fingerprint density at radius 2 is 1.14 bits per heavy atom. The van der Waals surface area contributed by atoms with E-state index in [4.69, 9.17) is 28.4 Å². The van der Waals surface area contributed by atoms with Crippen LogP contribution >= 0.6 is 22.7 Å². The van der Waals surface area contributed by atoms with Crippen molar-refractivity contribution in [2.45, 2.75) is 13.8 Å². The van der Waals surface area contributed by atoms with Crippen LogP contribution in [0.2, 0.25) is 0 Å². The third kappa shape index (κ3) is 20.1. The van der Waals surface area contributed by atoms with E-state index >= 15 is 0 Å². The van der Waals surface area contributed by atoms with Crippen LogP contribution in [0.1, 0.15) is 9.75 Å². The summed E-state index contributed by atoms with van der Waals surface area (Å²) in [6, 6.07) is 6.22. The molecule has 6 nitrogen and oxygen atoms in total. The zero-order valence-corrected chi connectivity index (χ0v) is 19.9. The Labute approximate surface area is 183 Å². The van der Waals surface area contributed by atoms with Crippen molar-refractivity contribution in [2.75, 3.05) is 74.2 Å². The fourth-order valence-corrected chi connectivity index (χ4v) is 3.09. The van der Waals surface area contributed by atoms with Gasteiger partial charge in [0.2, 0.25) is 0 Å². The second-order valence-electron chi connectivity index (χ2n) is 5.67. The van der Waals surface area contributed by atoms with E-state index < -0.39 is 0 Å². The van der Waals surface area contributed by atoms with Gasteiger partial charge in [-0.05, 0) is 37.4 Å². The van der Waals surface area contributed by atoms with Gasteiger partial charge in [0, 0.05) is 36.5 Å². The maximum Gasteiger partial charge on any atom is 0.130 e. The molecule has 29 heavy (non-hydrogen) atoms. The molecule has 0 fully saturated rings. The molecule has 0 atom stereocenters. The fraction of sp³-hybridized carbons (Fsp3) is 0.619. The highest BCUT2D eigenvalue weighted by Crippen LogP contribution is 2.14. The number of ether oxygens (including phenoxy) is 6. The lowest BCUT2D eigenvalue weighted by molar-refractivity contribution is 0.0385. The van der Waals surface area contributed by atoms with Crippen molar-refractivity contribution in [3.05, 3.63) is 38.7 Å². The minimum Gasteiger partial charge on any atom is -0.490 e. The SMILES string of the molecule is COCCOCCOC.COCCOCCOc1ccsc1.Cc1ccc(C)s1. The van der Waals surface area contributed by atoms with Crippen LogP contribution in [0.4, 0.5) is 0 Å².